The van der Waals surface area contributed by atoms with Gasteiger partial charge >= 0.3 is 5.97 Å². The Balaban J connectivity index is 1.48. The van der Waals surface area contributed by atoms with Crippen molar-refractivity contribution in [3.05, 3.63) is 65.9 Å². The van der Waals surface area contributed by atoms with Crippen LogP contribution in [0, 0.1) is 0 Å². The fourth-order valence-corrected chi connectivity index (χ4v) is 4.34. The maximum Gasteiger partial charge on any atom is 0.343 e. The van der Waals surface area contributed by atoms with E-state index in [-0.39, 0.29) is 18.9 Å². The molecule has 0 aliphatic rings. The average Bonchev–Trinajstić information content (AvgIpc) is 3.20. The van der Waals surface area contributed by atoms with Crippen LogP contribution in [0.15, 0.2) is 59.2 Å². The largest absolute Gasteiger partial charge is 0.478 e. The molecule has 1 aromatic heterocycles. The van der Waals surface area contributed by atoms with Gasteiger partial charge in [-0.25, -0.2) is 17.9 Å². The highest BCUT2D eigenvalue weighted by molar-refractivity contribution is 7.89. The third-order valence-electron chi connectivity index (χ3n) is 4.92. The lowest BCUT2D eigenvalue weighted by molar-refractivity contribution is -0.142. The molecule has 0 radical (unpaired) electrons. The van der Waals surface area contributed by atoms with Gasteiger partial charge in [0.05, 0.1) is 19.1 Å². The number of aryl methyl sites for hydroxylation is 1. The Morgan fingerprint density at radius 2 is 1.84 bits per heavy atom. The second-order valence-corrected chi connectivity index (χ2v) is 9.12. The molecule has 0 aliphatic heterocycles. The van der Waals surface area contributed by atoms with E-state index in [9.17, 15) is 13.2 Å². The van der Waals surface area contributed by atoms with E-state index in [1.54, 1.807) is 12.1 Å². The normalized spacial score (nSPS) is 11.5. The van der Waals surface area contributed by atoms with Crippen molar-refractivity contribution in [2.45, 2.75) is 32.2 Å². The molecule has 0 unspecified atom stereocenters. The summed E-state index contributed by atoms with van der Waals surface area (Å²) < 4.78 is 42.9. The van der Waals surface area contributed by atoms with Crippen LogP contribution in [0.2, 0.25) is 0 Å². The number of ether oxygens (including phenoxy) is 2. The molecule has 7 nitrogen and oxygen atoms in total. The Labute approximate surface area is 182 Å². The van der Waals surface area contributed by atoms with Crippen LogP contribution in [0.25, 0.3) is 11.0 Å². The molecule has 0 bridgehead atoms. The molecule has 31 heavy (non-hydrogen) atoms. The van der Waals surface area contributed by atoms with E-state index in [2.05, 4.69) is 21.6 Å². The molecule has 166 valence electrons. The third-order valence-corrected chi connectivity index (χ3v) is 6.33. The van der Waals surface area contributed by atoms with E-state index in [0.29, 0.717) is 23.3 Å². The zero-order valence-electron chi connectivity index (χ0n) is 17.5. The first kappa shape index (κ1) is 22.8. The van der Waals surface area contributed by atoms with Crippen LogP contribution in [0.3, 0.4) is 0 Å². The van der Waals surface area contributed by atoms with Gasteiger partial charge in [-0.2, -0.15) is 0 Å². The number of carbonyl (C=O) groups excluding carboxylic acids is 1. The minimum atomic E-state index is -3.39. The Morgan fingerprint density at radius 3 is 2.61 bits per heavy atom. The first-order chi connectivity index (χ1) is 15.0. The zero-order chi connectivity index (χ0) is 22.1. The van der Waals surface area contributed by atoms with Gasteiger partial charge in [-0.1, -0.05) is 48.9 Å². The summed E-state index contributed by atoms with van der Waals surface area (Å²) in [6, 6.07) is 15.4. The molecule has 1 heterocycles. The standard InChI is InChI=1S/C23H27NO6S/c1-28-22(25)17-29-21-13-8-12-20-19(16-30-23(20)21)15-24-31(26,27)14-7-3-6-11-18-9-4-2-5-10-18/h2,4-5,8-10,12-13,16,24H,3,6-7,11,14-15,17H2,1H3. The van der Waals surface area contributed by atoms with Gasteiger partial charge in [0.25, 0.3) is 0 Å². The Bertz CT molecular complexity index is 1090. The zero-order valence-corrected chi connectivity index (χ0v) is 18.3. The summed E-state index contributed by atoms with van der Waals surface area (Å²) in [4.78, 5) is 11.3. The second-order valence-electron chi connectivity index (χ2n) is 7.19. The summed E-state index contributed by atoms with van der Waals surface area (Å²) >= 11 is 0. The number of hydrogen-bond acceptors (Lipinski definition) is 6. The Kier molecular flexibility index (Phi) is 8.08. The molecule has 3 rings (SSSR count). The van der Waals surface area contributed by atoms with Crippen LogP contribution in [0.4, 0.5) is 0 Å². The van der Waals surface area contributed by atoms with Crippen LogP contribution in [-0.2, 0) is 32.5 Å². The smallest absolute Gasteiger partial charge is 0.343 e. The van der Waals surface area contributed by atoms with Crippen molar-refractivity contribution < 1.29 is 27.1 Å². The van der Waals surface area contributed by atoms with Crippen LogP contribution < -0.4 is 9.46 Å². The minimum absolute atomic E-state index is 0.0884. The van der Waals surface area contributed by atoms with E-state index in [1.807, 2.05) is 24.3 Å². The van der Waals surface area contributed by atoms with Crippen LogP contribution in [-0.4, -0.2) is 33.9 Å². The highest BCUT2D eigenvalue weighted by Gasteiger charge is 2.15. The van der Waals surface area contributed by atoms with Gasteiger partial charge in [0.2, 0.25) is 10.0 Å². The van der Waals surface area contributed by atoms with E-state index >= 15 is 0 Å². The predicted octanol–water partition coefficient (Wildman–Crippen LogP) is 3.82. The molecule has 3 aromatic rings. The lowest BCUT2D eigenvalue weighted by Crippen LogP contribution is -2.25. The van der Waals surface area contributed by atoms with E-state index < -0.39 is 16.0 Å². The van der Waals surface area contributed by atoms with Gasteiger partial charge in [0.1, 0.15) is 0 Å². The minimum Gasteiger partial charge on any atom is -0.478 e. The van der Waals surface area contributed by atoms with E-state index in [0.717, 1.165) is 24.6 Å². The summed E-state index contributed by atoms with van der Waals surface area (Å²) in [5, 5.41) is 0.730. The van der Waals surface area contributed by atoms with Gasteiger partial charge in [0, 0.05) is 17.5 Å². The number of methoxy groups -OCH3 is 1. The number of rotatable bonds is 12. The quantitative estimate of drug-likeness (QED) is 0.336. The van der Waals surface area contributed by atoms with Crippen molar-refractivity contribution in [2.24, 2.45) is 0 Å². The number of fused-ring (bicyclic) bond motifs is 1. The summed E-state index contributed by atoms with van der Waals surface area (Å²) in [7, 11) is -2.11. The molecule has 0 spiro atoms. The molecule has 8 heteroatoms. The molecule has 0 saturated carbocycles. The van der Waals surface area contributed by atoms with Crippen LogP contribution in [0.5, 0.6) is 5.75 Å². The predicted molar refractivity (Wildman–Crippen MR) is 118 cm³/mol. The Morgan fingerprint density at radius 1 is 1.03 bits per heavy atom. The molecule has 0 amide bonds. The lowest BCUT2D eigenvalue weighted by Gasteiger charge is -2.07. The molecule has 0 saturated heterocycles. The maximum atomic E-state index is 12.4. The molecule has 2 aromatic carbocycles. The van der Waals surface area contributed by atoms with Crippen molar-refractivity contribution in [2.75, 3.05) is 19.5 Å². The molecule has 0 atom stereocenters. The number of unbranched alkanes of at least 4 members (excludes halogenated alkanes) is 2. The van der Waals surface area contributed by atoms with Gasteiger partial charge in [-0.05, 0) is 30.9 Å². The molecule has 1 N–H and O–H groups in total. The van der Waals surface area contributed by atoms with E-state index in [4.69, 9.17) is 9.15 Å². The van der Waals surface area contributed by atoms with Crippen molar-refractivity contribution in [1.29, 1.82) is 0 Å². The number of benzene rings is 2. The summed E-state index contributed by atoms with van der Waals surface area (Å²) in [6.45, 7) is -0.109. The fraction of sp³-hybridized carbons (Fsp3) is 0.348. The van der Waals surface area contributed by atoms with Gasteiger partial charge in [-0.15, -0.1) is 0 Å². The lowest BCUT2D eigenvalue weighted by atomic mass is 10.1. The first-order valence-corrected chi connectivity index (χ1v) is 11.8. The van der Waals surface area contributed by atoms with Crippen molar-refractivity contribution in [3.63, 3.8) is 0 Å². The van der Waals surface area contributed by atoms with Crippen LogP contribution >= 0.6 is 0 Å². The first-order valence-electron chi connectivity index (χ1n) is 10.2. The molecule has 0 aliphatic carbocycles. The van der Waals surface area contributed by atoms with Crippen LogP contribution in [0.1, 0.15) is 30.4 Å². The topological polar surface area (TPSA) is 94.8 Å². The second kappa shape index (κ2) is 11.0. The highest BCUT2D eigenvalue weighted by Crippen LogP contribution is 2.29. The van der Waals surface area contributed by atoms with E-state index in [1.165, 1.54) is 18.9 Å². The number of esters is 1. The van der Waals surface area contributed by atoms with Crippen molar-refractivity contribution in [3.8, 4) is 5.75 Å². The maximum absolute atomic E-state index is 12.4. The number of hydrogen-bond donors (Lipinski definition) is 1. The number of carbonyl (C=O) groups is 1. The number of para-hydroxylation sites is 1. The van der Waals surface area contributed by atoms with Crippen molar-refractivity contribution in [1.82, 2.24) is 4.72 Å². The van der Waals surface area contributed by atoms with Crippen molar-refractivity contribution >= 4 is 27.0 Å². The monoisotopic (exact) mass is 445 g/mol. The number of nitrogens with one attached hydrogen (secondary N) is 1. The number of sulfonamides is 1. The molecular formula is C23H27NO6S. The molecular weight excluding hydrogens is 418 g/mol. The highest BCUT2D eigenvalue weighted by atomic mass is 32.2. The summed E-state index contributed by atoms with van der Waals surface area (Å²) in [6.07, 6.45) is 4.87. The fourth-order valence-electron chi connectivity index (χ4n) is 3.23. The Hall–Kier alpha value is -2.84. The van der Waals surface area contributed by atoms with Gasteiger partial charge in [-0.3, -0.25) is 0 Å². The SMILES string of the molecule is COC(=O)COc1cccc2c(CNS(=O)(=O)CCCCCc3ccccc3)coc12. The summed E-state index contributed by atoms with van der Waals surface area (Å²) in [5.74, 6) is -0.0128. The average molecular weight is 446 g/mol. The number of furan rings is 1. The molecule has 0 fully saturated rings. The summed E-state index contributed by atoms with van der Waals surface area (Å²) in [5.41, 5.74) is 2.43. The third kappa shape index (κ3) is 6.83. The van der Waals surface area contributed by atoms with Gasteiger partial charge in [0.15, 0.2) is 17.9 Å². The van der Waals surface area contributed by atoms with Gasteiger partial charge < -0.3 is 13.9 Å².